The van der Waals surface area contributed by atoms with Gasteiger partial charge in [0.05, 0.1) is 12.1 Å². The van der Waals surface area contributed by atoms with Crippen molar-refractivity contribution in [2.75, 3.05) is 11.9 Å². The van der Waals surface area contributed by atoms with Crippen LogP contribution < -0.4 is 10.6 Å². The molecule has 0 bridgehead atoms. The van der Waals surface area contributed by atoms with Crippen molar-refractivity contribution in [3.63, 3.8) is 0 Å². The minimum atomic E-state index is -0.249. The molecule has 0 aliphatic heterocycles. The van der Waals surface area contributed by atoms with Gasteiger partial charge in [0.2, 0.25) is 5.91 Å². The minimum absolute atomic E-state index is 0.0562. The van der Waals surface area contributed by atoms with E-state index in [0.29, 0.717) is 5.56 Å². The highest BCUT2D eigenvalue weighted by Gasteiger charge is 2.10. The van der Waals surface area contributed by atoms with E-state index >= 15 is 0 Å². The molecule has 2 rings (SSSR count). The maximum atomic E-state index is 12.0. The summed E-state index contributed by atoms with van der Waals surface area (Å²) in [7, 11) is 0. The third-order valence-electron chi connectivity index (χ3n) is 3.17. The first-order valence-corrected chi connectivity index (χ1v) is 8.09. The first kappa shape index (κ1) is 16.5. The third kappa shape index (κ3) is 4.56. The van der Waals surface area contributed by atoms with Crippen LogP contribution in [0.15, 0.2) is 48.5 Å². The molecule has 0 atom stereocenters. The molecule has 0 saturated heterocycles. The normalized spacial score (nSPS) is 10.1. The standard InChI is InChI=1S/C17H17IN2O2/c1-2-12-7-9-13(10-8-12)20-16(21)11-19-17(22)14-5-3-4-6-15(14)18/h3-10H,2,11H2,1H3,(H,19,22)(H,20,21). The number of amides is 2. The fourth-order valence-electron chi connectivity index (χ4n) is 1.93. The lowest BCUT2D eigenvalue weighted by Crippen LogP contribution is -2.33. The molecule has 2 N–H and O–H groups in total. The lowest BCUT2D eigenvalue weighted by Gasteiger charge is -2.08. The Bertz CT molecular complexity index is 669. The van der Waals surface area contributed by atoms with Crippen LogP contribution in [0, 0.1) is 3.57 Å². The monoisotopic (exact) mass is 408 g/mol. The fourth-order valence-corrected chi connectivity index (χ4v) is 2.56. The Balaban J connectivity index is 1.87. The Morgan fingerprint density at radius 1 is 1.05 bits per heavy atom. The molecule has 0 unspecified atom stereocenters. The van der Waals surface area contributed by atoms with Crippen molar-refractivity contribution in [3.8, 4) is 0 Å². The minimum Gasteiger partial charge on any atom is -0.343 e. The number of halogens is 1. The zero-order chi connectivity index (χ0) is 15.9. The van der Waals surface area contributed by atoms with Gasteiger partial charge in [0.15, 0.2) is 0 Å². The van der Waals surface area contributed by atoms with Crippen molar-refractivity contribution in [1.82, 2.24) is 5.32 Å². The highest BCUT2D eigenvalue weighted by atomic mass is 127. The summed E-state index contributed by atoms with van der Waals surface area (Å²) in [5, 5.41) is 5.39. The predicted octanol–water partition coefficient (Wildman–Crippen LogP) is 3.22. The second kappa shape index (κ2) is 7.93. The number of nitrogens with one attached hydrogen (secondary N) is 2. The zero-order valence-corrected chi connectivity index (χ0v) is 14.4. The van der Waals surface area contributed by atoms with Crippen molar-refractivity contribution >= 4 is 40.1 Å². The van der Waals surface area contributed by atoms with E-state index < -0.39 is 0 Å². The van der Waals surface area contributed by atoms with E-state index in [1.807, 2.05) is 36.4 Å². The van der Waals surface area contributed by atoms with Gasteiger partial charge >= 0.3 is 0 Å². The molecule has 5 heteroatoms. The first-order valence-electron chi connectivity index (χ1n) is 7.01. The Morgan fingerprint density at radius 2 is 1.73 bits per heavy atom. The number of hydrogen-bond donors (Lipinski definition) is 2. The molecular formula is C17H17IN2O2. The Kier molecular flexibility index (Phi) is 5.94. The first-order chi connectivity index (χ1) is 10.6. The summed E-state index contributed by atoms with van der Waals surface area (Å²) in [5.41, 5.74) is 2.51. The summed E-state index contributed by atoms with van der Waals surface area (Å²) < 4.78 is 0.855. The molecular weight excluding hydrogens is 391 g/mol. The van der Waals surface area contributed by atoms with E-state index in [2.05, 4.69) is 40.1 Å². The van der Waals surface area contributed by atoms with E-state index in [1.165, 1.54) is 5.56 Å². The van der Waals surface area contributed by atoms with E-state index in [9.17, 15) is 9.59 Å². The van der Waals surface area contributed by atoms with Gasteiger partial charge in [-0.25, -0.2) is 0 Å². The van der Waals surface area contributed by atoms with Gasteiger partial charge in [-0.05, 0) is 58.8 Å². The highest BCUT2D eigenvalue weighted by molar-refractivity contribution is 14.1. The molecule has 114 valence electrons. The van der Waals surface area contributed by atoms with Gasteiger partial charge in [-0.3, -0.25) is 9.59 Å². The van der Waals surface area contributed by atoms with Crippen molar-refractivity contribution in [1.29, 1.82) is 0 Å². The van der Waals surface area contributed by atoms with E-state index in [0.717, 1.165) is 15.7 Å². The molecule has 0 spiro atoms. The van der Waals surface area contributed by atoms with Crippen molar-refractivity contribution in [3.05, 3.63) is 63.2 Å². The van der Waals surface area contributed by atoms with Crippen LogP contribution in [0.1, 0.15) is 22.8 Å². The maximum absolute atomic E-state index is 12.0. The maximum Gasteiger partial charge on any atom is 0.252 e. The number of carbonyl (C=O) groups is 2. The molecule has 0 aliphatic carbocycles. The second-order valence-corrected chi connectivity index (χ2v) is 5.92. The molecule has 2 aromatic carbocycles. The molecule has 22 heavy (non-hydrogen) atoms. The number of aryl methyl sites for hydroxylation is 1. The molecule has 0 heterocycles. The Morgan fingerprint density at radius 3 is 2.36 bits per heavy atom. The fraction of sp³-hybridized carbons (Fsp3) is 0.176. The molecule has 4 nitrogen and oxygen atoms in total. The van der Waals surface area contributed by atoms with Gasteiger partial charge in [0.25, 0.3) is 5.91 Å². The highest BCUT2D eigenvalue weighted by Crippen LogP contribution is 2.11. The van der Waals surface area contributed by atoms with Crippen LogP contribution in [0.5, 0.6) is 0 Å². The van der Waals surface area contributed by atoms with Crippen molar-refractivity contribution < 1.29 is 9.59 Å². The topological polar surface area (TPSA) is 58.2 Å². The van der Waals surface area contributed by atoms with Crippen LogP contribution in [0.25, 0.3) is 0 Å². The lowest BCUT2D eigenvalue weighted by molar-refractivity contribution is -0.115. The third-order valence-corrected chi connectivity index (χ3v) is 4.11. The van der Waals surface area contributed by atoms with Crippen LogP contribution in [0.2, 0.25) is 0 Å². The SMILES string of the molecule is CCc1ccc(NC(=O)CNC(=O)c2ccccc2I)cc1. The summed E-state index contributed by atoms with van der Waals surface area (Å²) >= 11 is 2.10. The number of rotatable bonds is 5. The Labute approximate surface area is 143 Å². The summed E-state index contributed by atoms with van der Waals surface area (Å²) in [4.78, 5) is 23.9. The summed E-state index contributed by atoms with van der Waals surface area (Å²) in [6.45, 7) is 2.02. The van der Waals surface area contributed by atoms with Crippen molar-refractivity contribution in [2.24, 2.45) is 0 Å². The molecule has 0 aliphatic rings. The van der Waals surface area contributed by atoms with Gasteiger partial charge in [-0.15, -0.1) is 0 Å². The molecule has 0 radical (unpaired) electrons. The Hall–Kier alpha value is -1.89. The number of carbonyl (C=O) groups excluding carboxylic acids is 2. The largest absolute Gasteiger partial charge is 0.343 e. The average molecular weight is 408 g/mol. The van der Waals surface area contributed by atoms with Crippen LogP contribution in [-0.2, 0) is 11.2 Å². The average Bonchev–Trinajstić information content (AvgIpc) is 2.54. The van der Waals surface area contributed by atoms with Gasteiger partial charge in [0, 0.05) is 9.26 Å². The quantitative estimate of drug-likeness (QED) is 0.747. The van der Waals surface area contributed by atoms with E-state index in [4.69, 9.17) is 0 Å². The van der Waals surface area contributed by atoms with Crippen LogP contribution >= 0.6 is 22.6 Å². The van der Waals surface area contributed by atoms with E-state index in [1.54, 1.807) is 12.1 Å². The summed E-state index contributed by atoms with van der Waals surface area (Å²) in [6.07, 6.45) is 0.958. The molecule has 0 fully saturated rings. The molecule has 0 aromatic heterocycles. The van der Waals surface area contributed by atoms with Crippen LogP contribution in [0.4, 0.5) is 5.69 Å². The molecule has 0 saturated carbocycles. The smallest absolute Gasteiger partial charge is 0.252 e. The lowest BCUT2D eigenvalue weighted by atomic mass is 10.1. The number of benzene rings is 2. The van der Waals surface area contributed by atoms with Gasteiger partial charge in [0.1, 0.15) is 0 Å². The number of anilines is 1. The second-order valence-electron chi connectivity index (χ2n) is 4.76. The van der Waals surface area contributed by atoms with Crippen molar-refractivity contribution in [2.45, 2.75) is 13.3 Å². The van der Waals surface area contributed by atoms with Gasteiger partial charge < -0.3 is 10.6 Å². The molecule has 2 aromatic rings. The number of hydrogen-bond acceptors (Lipinski definition) is 2. The van der Waals surface area contributed by atoms with Crippen LogP contribution in [0.3, 0.4) is 0 Å². The van der Waals surface area contributed by atoms with E-state index in [-0.39, 0.29) is 18.4 Å². The molecule has 2 amide bonds. The summed E-state index contributed by atoms with van der Waals surface area (Å²) in [5.74, 6) is -0.495. The van der Waals surface area contributed by atoms with Gasteiger partial charge in [-0.2, -0.15) is 0 Å². The predicted molar refractivity (Wildman–Crippen MR) is 95.9 cm³/mol. The van der Waals surface area contributed by atoms with Crippen LogP contribution in [-0.4, -0.2) is 18.4 Å². The van der Waals surface area contributed by atoms with Gasteiger partial charge in [-0.1, -0.05) is 31.2 Å². The zero-order valence-electron chi connectivity index (χ0n) is 12.2. The summed E-state index contributed by atoms with van der Waals surface area (Å²) in [6, 6.07) is 14.9.